The fourth-order valence-electron chi connectivity index (χ4n) is 7.68. The van der Waals surface area contributed by atoms with Gasteiger partial charge < -0.3 is 0 Å². The Balaban J connectivity index is 1.49. The minimum absolute atomic E-state index is 0.0192. The van der Waals surface area contributed by atoms with Crippen molar-refractivity contribution < 1.29 is 28.1 Å². The van der Waals surface area contributed by atoms with E-state index in [0.717, 1.165) is 12.6 Å². The molecule has 0 saturated carbocycles. The Morgan fingerprint density at radius 1 is 0.843 bits per heavy atom. The standard InChI is InChI=1S/C38H51B2N3O6PSi/c1-25-27(3)47-28(4)35(34(25)45-23-29-17-11-8-12-18-29)49-37-33(42-43-41)36(50-40-39-44)26(2)32(48-37)24-46-51(38(5,6)7,30-19-13-9-14-20-30)31-21-15-10-16-22-31/h8-22,25-28,32-37,50H,23-24H2,1-7H3/t25?,26-,27+,28?,32?,33?,34+,35?,36+,37-/m1/s1. The van der Waals surface area contributed by atoms with Gasteiger partial charge in [0.2, 0.25) is 0 Å². The number of rotatable bonds is 14. The monoisotopic (exact) mass is 726 g/mol. The molecule has 0 N–H and O–H groups in total. The third-order valence-electron chi connectivity index (χ3n) is 10.6. The summed E-state index contributed by atoms with van der Waals surface area (Å²) < 4.78 is 45.8. The summed E-state index contributed by atoms with van der Waals surface area (Å²) in [6.45, 7) is 17.3. The Morgan fingerprint density at radius 3 is 1.98 bits per heavy atom. The molecule has 0 amide bonds. The van der Waals surface area contributed by atoms with Gasteiger partial charge in [-0.15, -0.1) is 0 Å². The molecule has 2 aliphatic heterocycles. The van der Waals surface area contributed by atoms with Crippen molar-refractivity contribution >= 4 is 41.1 Å². The predicted octanol–water partition coefficient (Wildman–Crippen LogP) is 6.65. The number of nitrogens with zero attached hydrogens (tertiary/aromatic N) is 3. The van der Waals surface area contributed by atoms with E-state index in [1.165, 1.54) is 10.4 Å². The molecule has 0 aromatic heterocycles. The zero-order valence-corrected chi connectivity index (χ0v) is 32.8. The van der Waals surface area contributed by atoms with Gasteiger partial charge in [-0.1, -0.05) is 18.2 Å². The van der Waals surface area contributed by atoms with Crippen LogP contribution in [0.25, 0.3) is 10.4 Å². The van der Waals surface area contributed by atoms with Crippen LogP contribution in [-0.2, 0) is 34.7 Å². The molecule has 2 aliphatic rings. The predicted molar refractivity (Wildman–Crippen MR) is 208 cm³/mol. The van der Waals surface area contributed by atoms with Crippen molar-refractivity contribution in [3.63, 3.8) is 0 Å². The van der Waals surface area contributed by atoms with Crippen molar-refractivity contribution in [1.29, 1.82) is 0 Å². The van der Waals surface area contributed by atoms with Crippen molar-refractivity contribution in [2.24, 2.45) is 17.0 Å². The van der Waals surface area contributed by atoms with Crippen LogP contribution in [0.5, 0.6) is 0 Å². The second kappa shape index (κ2) is 17.9. The number of ether oxygens (including phenoxy) is 4. The molecule has 2 heterocycles. The topological polar surface area (TPSA) is 112 Å². The first-order valence-electron chi connectivity index (χ1n) is 18.0. The fourth-order valence-corrected chi connectivity index (χ4v) is 13.5. The summed E-state index contributed by atoms with van der Waals surface area (Å²) in [5, 5.41) is 6.38. The van der Waals surface area contributed by atoms with Gasteiger partial charge >= 0.3 is 290 Å². The minimum atomic E-state index is -2.89. The second-order valence-electron chi connectivity index (χ2n) is 14.8. The first kappa shape index (κ1) is 39.6. The molecule has 11 atom stereocenters. The van der Waals surface area contributed by atoms with Crippen LogP contribution in [-0.4, -0.2) is 77.4 Å². The van der Waals surface area contributed by atoms with Gasteiger partial charge in [-0.3, -0.25) is 0 Å². The van der Waals surface area contributed by atoms with E-state index in [2.05, 4.69) is 100 Å². The van der Waals surface area contributed by atoms with E-state index < -0.39 is 32.9 Å². The first-order valence-corrected chi connectivity index (χ1v) is 21.0. The maximum atomic E-state index is 11.7. The molecule has 0 aliphatic carbocycles. The quantitative estimate of drug-likeness (QED) is 0.0605. The Kier molecular flexibility index (Phi) is 13.9. The molecular weight excluding hydrogens is 675 g/mol. The van der Waals surface area contributed by atoms with Crippen molar-refractivity contribution in [2.75, 3.05) is 6.61 Å². The van der Waals surface area contributed by atoms with Crippen LogP contribution in [0.4, 0.5) is 0 Å². The van der Waals surface area contributed by atoms with Crippen molar-refractivity contribution in [3.05, 3.63) is 107 Å². The molecule has 269 valence electrons. The molecule has 51 heavy (non-hydrogen) atoms. The van der Waals surface area contributed by atoms with Crippen LogP contribution < -0.4 is 10.4 Å². The van der Waals surface area contributed by atoms with E-state index >= 15 is 0 Å². The average molecular weight is 727 g/mol. The summed E-state index contributed by atoms with van der Waals surface area (Å²) in [6.07, 6.45) is -2.52. The van der Waals surface area contributed by atoms with Gasteiger partial charge in [0.25, 0.3) is 0 Å². The molecule has 1 radical (unpaired) electrons. The van der Waals surface area contributed by atoms with Crippen LogP contribution in [0.1, 0.15) is 54.0 Å². The Morgan fingerprint density at radius 2 is 1.43 bits per heavy atom. The molecule has 3 aromatic carbocycles. The van der Waals surface area contributed by atoms with Crippen molar-refractivity contribution in [1.82, 2.24) is 0 Å². The number of hydrogen-bond acceptors (Lipinski definition) is 7. The van der Waals surface area contributed by atoms with Gasteiger partial charge in [-0.05, 0) is 0 Å². The molecular formula is C38H51B2N3O6PSi. The average Bonchev–Trinajstić information content (AvgIpc) is 3.12. The summed E-state index contributed by atoms with van der Waals surface area (Å²) in [5.41, 5.74) is 10.6. The van der Waals surface area contributed by atoms with E-state index in [0.29, 0.717) is 6.61 Å². The van der Waals surface area contributed by atoms with Gasteiger partial charge in [0.15, 0.2) is 0 Å². The molecule has 2 fully saturated rings. The molecule has 13 heteroatoms. The van der Waals surface area contributed by atoms with Crippen molar-refractivity contribution in [3.8, 4) is 0 Å². The molecule has 2 saturated heterocycles. The summed E-state index contributed by atoms with van der Waals surface area (Å²) in [7, 11) is -1.99. The van der Waals surface area contributed by atoms with Crippen molar-refractivity contribution in [2.45, 2.75) is 109 Å². The Hall–Kier alpha value is -2.65. The van der Waals surface area contributed by atoms with E-state index in [1.54, 1.807) is 6.89 Å². The van der Waals surface area contributed by atoms with Gasteiger partial charge in [0.1, 0.15) is 0 Å². The van der Waals surface area contributed by atoms with Gasteiger partial charge in [0, 0.05) is 0 Å². The molecule has 0 bridgehead atoms. The SMILES string of the molecule is CC1O[C@@H](C)C(C)[C@H](OCc2ccccc2)C1O[C@H]1OC(CO[Si](c2ccccc2)(c2ccccc2)C(C)(C)C)[C@@H](C)[C@H](P[B]B=O)C1N=[N+]=[N-]. The van der Waals surface area contributed by atoms with E-state index in [1.807, 2.05) is 49.4 Å². The third kappa shape index (κ3) is 8.94. The summed E-state index contributed by atoms with van der Waals surface area (Å²) >= 11 is 0. The summed E-state index contributed by atoms with van der Waals surface area (Å²) in [5.74, 6) is -0.0945. The molecule has 6 unspecified atom stereocenters. The van der Waals surface area contributed by atoms with Crippen LogP contribution in [0.3, 0.4) is 0 Å². The number of hydrogen-bond donors (Lipinski definition) is 0. The van der Waals surface area contributed by atoms with E-state index in [-0.39, 0.29) is 55.9 Å². The van der Waals surface area contributed by atoms with Gasteiger partial charge in [-0.25, -0.2) is 0 Å². The normalized spacial score (nSPS) is 30.0. The van der Waals surface area contributed by atoms with Gasteiger partial charge in [0.05, 0.1) is 0 Å². The Labute approximate surface area is 307 Å². The molecule has 9 nitrogen and oxygen atoms in total. The van der Waals surface area contributed by atoms with Crippen LogP contribution in [0, 0.1) is 11.8 Å². The summed E-state index contributed by atoms with van der Waals surface area (Å²) in [4.78, 5) is 3.24. The fraction of sp³-hybridized carbons (Fsp3) is 0.526. The van der Waals surface area contributed by atoms with Gasteiger partial charge in [-0.2, -0.15) is 0 Å². The number of azide groups is 1. The first-order chi connectivity index (χ1) is 24.5. The molecule has 5 rings (SSSR count). The molecule has 3 aromatic rings. The van der Waals surface area contributed by atoms with E-state index in [4.69, 9.17) is 23.4 Å². The molecule has 0 spiro atoms. The number of benzene rings is 3. The maximum absolute atomic E-state index is 11.7. The zero-order chi connectivity index (χ0) is 36.6. The Bertz CT molecular complexity index is 1550. The zero-order valence-electron chi connectivity index (χ0n) is 30.8. The van der Waals surface area contributed by atoms with Crippen LogP contribution in [0.2, 0.25) is 5.04 Å². The summed E-state index contributed by atoms with van der Waals surface area (Å²) in [6, 6.07) is 30.4. The van der Waals surface area contributed by atoms with E-state index in [9.17, 15) is 10.2 Å². The second-order valence-corrected chi connectivity index (χ2v) is 20.5. The van der Waals surface area contributed by atoms with Crippen LogP contribution in [0.15, 0.2) is 96.1 Å². The van der Waals surface area contributed by atoms with Crippen LogP contribution >= 0.6 is 8.46 Å². The third-order valence-corrected chi connectivity index (χ3v) is 17.2.